The van der Waals surface area contributed by atoms with Gasteiger partial charge in [-0.1, -0.05) is 12.1 Å². The lowest BCUT2D eigenvalue weighted by atomic mass is 10.2. The largest absolute Gasteiger partial charge is 0.459 e. The summed E-state index contributed by atoms with van der Waals surface area (Å²) >= 11 is 1.29. The molecule has 0 aliphatic heterocycles. The Morgan fingerprint density at radius 2 is 1.92 bits per heavy atom. The molecule has 1 atom stereocenters. The van der Waals surface area contributed by atoms with Gasteiger partial charge in [-0.05, 0) is 51.5 Å². The molecule has 0 radical (unpaired) electrons. The molecule has 128 valence electrons. The Morgan fingerprint density at radius 3 is 2.42 bits per heavy atom. The Balaban J connectivity index is 1.99. The number of ketones is 1. The van der Waals surface area contributed by atoms with Gasteiger partial charge in [-0.2, -0.15) is 5.10 Å². The average Bonchev–Trinajstić information content (AvgIpc) is 3.00. The minimum atomic E-state index is -0.796. The van der Waals surface area contributed by atoms with Gasteiger partial charge in [-0.3, -0.25) is 9.59 Å². The first-order valence-corrected chi connectivity index (χ1v) is 8.75. The molecule has 0 spiro atoms. The number of Topliss-reactive ketones (excluding diaryl/α,β-unsaturated/α-hetero) is 1. The number of carbonyl (C=O) groups is 2. The van der Waals surface area contributed by atoms with Crippen molar-refractivity contribution in [3.63, 3.8) is 0 Å². The summed E-state index contributed by atoms with van der Waals surface area (Å²) in [5.41, 5.74) is 1.39. The molecule has 0 fully saturated rings. The van der Waals surface area contributed by atoms with E-state index in [0.717, 1.165) is 11.3 Å². The van der Waals surface area contributed by atoms with E-state index < -0.39 is 16.8 Å². The monoisotopic (exact) mass is 346 g/mol. The van der Waals surface area contributed by atoms with Crippen LogP contribution in [0.2, 0.25) is 0 Å². The molecule has 0 aliphatic carbocycles. The van der Waals surface area contributed by atoms with Gasteiger partial charge in [0, 0.05) is 18.1 Å². The number of aromatic nitrogens is 2. The number of benzene rings is 1. The molecule has 24 heavy (non-hydrogen) atoms. The Bertz CT molecular complexity index is 688. The van der Waals surface area contributed by atoms with Crippen LogP contribution in [0.1, 0.15) is 33.3 Å². The van der Waals surface area contributed by atoms with Gasteiger partial charge in [0.1, 0.15) is 5.60 Å². The van der Waals surface area contributed by atoms with Crippen LogP contribution in [0, 0.1) is 0 Å². The Hall–Kier alpha value is -2.08. The predicted molar refractivity (Wildman–Crippen MR) is 95.2 cm³/mol. The number of ether oxygens (including phenoxy) is 1. The van der Waals surface area contributed by atoms with Gasteiger partial charge in [0.2, 0.25) is 0 Å². The van der Waals surface area contributed by atoms with Crippen molar-refractivity contribution >= 4 is 23.5 Å². The summed E-state index contributed by atoms with van der Waals surface area (Å²) in [6.07, 6.45) is 3.60. The number of nitrogens with zero attached hydrogens (tertiary/aromatic N) is 2. The van der Waals surface area contributed by atoms with Crippen molar-refractivity contribution in [2.75, 3.05) is 0 Å². The highest BCUT2D eigenvalue weighted by Gasteiger charge is 2.29. The van der Waals surface area contributed by atoms with Crippen LogP contribution >= 0.6 is 11.8 Å². The van der Waals surface area contributed by atoms with Gasteiger partial charge in [-0.15, -0.1) is 11.8 Å². The van der Waals surface area contributed by atoms with E-state index in [1.165, 1.54) is 18.7 Å². The lowest BCUT2D eigenvalue weighted by Crippen LogP contribution is -2.34. The first-order valence-electron chi connectivity index (χ1n) is 7.70. The fourth-order valence-electron chi connectivity index (χ4n) is 2.05. The lowest BCUT2D eigenvalue weighted by molar-refractivity contribution is -0.155. The molecule has 0 amide bonds. The molecule has 0 N–H and O–H groups in total. The first kappa shape index (κ1) is 18.3. The van der Waals surface area contributed by atoms with E-state index in [9.17, 15) is 9.59 Å². The highest BCUT2D eigenvalue weighted by Crippen LogP contribution is 2.23. The van der Waals surface area contributed by atoms with Crippen LogP contribution in [0.25, 0.3) is 5.69 Å². The number of esters is 1. The number of rotatable bonds is 6. The fourth-order valence-corrected chi connectivity index (χ4v) is 3.02. The first-order chi connectivity index (χ1) is 11.3. The predicted octanol–water partition coefficient (Wildman–Crippen LogP) is 3.40. The van der Waals surface area contributed by atoms with Gasteiger partial charge in [0.05, 0.1) is 5.69 Å². The van der Waals surface area contributed by atoms with Crippen LogP contribution < -0.4 is 0 Å². The van der Waals surface area contributed by atoms with Crippen LogP contribution in [-0.4, -0.2) is 32.4 Å². The summed E-state index contributed by atoms with van der Waals surface area (Å²) in [5.74, 6) is -0.112. The highest BCUT2D eigenvalue weighted by molar-refractivity contribution is 8.00. The third-order valence-electron chi connectivity index (χ3n) is 3.11. The van der Waals surface area contributed by atoms with Crippen molar-refractivity contribution in [1.29, 1.82) is 0 Å². The van der Waals surface area contributed by atoms with E-state index in [1.54, 1.807) is 31.6 Å². The molecule has 1 aromatic carbocycles. The smallest absolute Gasteiger partial charge is 0.327 e. The summed E-state index contributed by atoms with van der Waals surface area (Å²) in [6.45, 7) is 6.80. The second-order valence-electron chi connectivity index (χ2n) is 6.45. The second kappa shape index (κ2) is 7.66. The lowest BCUT2D eigenvalue weighted by Gasteiger charge is -2.22. The molecule has 0 saturated carbocycles. The maximum atomic E-state index is 12.2. The van der Waals surface area contributed by atoms with Crippen LogP contribution in [0.5, 0.6) is 0 Å². The van der Waals surface area contributed by atoms with Crippen LogP contribution in [0.4, 0.5) is 0 Å². The maximum Gasteiger partial charge on any atom is 0.327 e. The zero-order valence-electron chi connectivity index (χ0n) is 14.4. The minimum absolute atomic E-state index is 0.192. The molecule has 1 heterocycles. The zero-order chi connectivity index (χ0) is 17.7. The summed E-state index contributed by atoms with van der Waals surface area (Å²) < 4.78 is 7.10. The second-order valence-corrected chi connectivity index (χ2v) is 7.55. The molecule has 0 bridgehead atoms. The topological polar surface area (TPSA) is 61.2 Å². The molecule has 1 aromatic heterocycles. The number of hydrogen-bond acceptors (Lipinski definition) is 5. The quantitative estimate of drug-likeness (QED) is 0.592. The molecule has 2 aromatic rings. The standard InChI is InChI=1S/C18H22N2O3S/c1-13(21)16(17(22)23-18(2,3)4)24-12-14-6-8-15(9-7-14)20-11-5-10-19-20/h5-11,16H,12H2,1-4H3. The molecule has 0 saturated heterocycles. The molecular weight excluding hydrogens is 324 g/mol. The Kier molecular flexibility index (Phi) is 5.83. The van der Waals surface area contributed by atoms with Gasteiger partial charge in [0.25, 0.3) is 0 Å². The highest BCUT2D eigenvalue weighted by atomic mass is 32.2. The van der Waals surface area contributed by atoms with E-state index in [2.05, 4.69) is 5.10 Å². The Labute approximate surface area is 146 Å². The fraction of sp³-hybridized carbons (Fsp3) is 0.389. The molecule has 2 rings (SSSR count). The number of hydrogen-bond donors (Lipinski definition) is 0. The van der Waals surface area contributed by atoms with Crippen molar-refractivity contribution < 1.29 is 14.3 Å². The summed E-state index contributed by atoms with van der Waals surface area (Å²) in [4.78, 5) is 23.9. The molecule has 5 nitrogen and oxygen atoms in total. The van der Waals surface area contributed by atoms with E-state index in [1.807, 2.05) is 36.5 Å². The van der Waals surface area contributed by atoms with Crippen LogP contribution in [0.3, 0.4) is 0 Å². The van der Waals surface area contributed by atoms with E-state index in [0.29, 0.717) is 5.75 Å². The average molecular weight is 346 g/mol. The SMILES string of the molecule is CC(=O)C(SCc1ccc(-n2cccn2)cc1)C(=O)OC(C)(C)C. The van der Waals surface area contributed by atoms with Gasteiger partial charge < -0.3 is 4.74 Å². The van der Waals surface area contributed by atoms with Gasteiger partial charge >= 0.3 is 5.97 Å². The van der Waals surface area contributed by atoms with Crippen molar-refractivity contribution in [1.82, 2.24) is 9.78 Å². The molecule has 6 heteroatoms. The zero-order valence-corrected chi connectivity index (χ0v) is 15.2. The van der Waals surface area contributed by atoms with Crippen molar-refractivity contribution in [2.45, 2.75) is 44.3 Å². The van der Waals surface area contributed by atoms with Crippen molar-refractivity contribution in [3.8, 4) is 5.69 Å². The maximum absolute atomic E-state index is 12.2. The summed E-state index contributed by atoms with van der Waals surface area (Å²) in [6, 6.07) is 9.72. The number of carbonyl (C=O) groups excluding carboxylic acids is 2. The van der Waals surface area contributed by atoms with Crippen LogP contribution in [0.15, 0.2) is 42.7 Å². The third kappa shape index (κ3) is 5.23. The van der Waals surface area contributed by atoms with Crippen molar-refractivity contribution in [3.05, 3.63) is 48.3 Å². The van der Waals surface area contributed by atoms with Crippen LogP contribution in [-0.2, 0) is 20.1 Å². The van der Waals surface area contributed by atoms with E-state index in [4.69, 9.17) is 4.74 Å². The normalized spacial score (nSPS) is 12.7. The number of thioether (sulfide) groups is 1. The third-order valence-corrected chi connectivity index (χ3v) is 4.47. The summed E-state index contributed by atoms with van der Waals surface area (Å²) in [7, 11) is 0. The molecule has 0 aliphatic rings. The van der Waals surface area contributed by atoms with Gasteiger partial charge in [-0.25, -0.2) is 4.68 Å². The molecular formula is C18H22N2O3S. The van der Waals surface area contributed by atoms with Crippen molar-refractivity contribution in [2.24, 2.45) is 0 Å². The van der Waals surface area contributed by atoms with E-state index in [-0.39, 0.29) is 5.78 Å². The Morgan fingerprint density at radius 1 is 1.25 bits per heavy atom. The van der Waals surface area contributed by atoms with Gasteiger partial charge in [0.15, 0.2) is 11.0 Å². The minimum Gasteiger partial charge on any atom is -0.459 e. The van der Waals surface area contributed by atoms with E-state index >= 15 is 0 Å². The summed E-state index contributed by atoms with van der Waals surface area (Å²) in [5, 5.41) is 3.38. The molecule has 1 unspecified atom stereocenters.